The Kier molecular flexibility index (Phi) is 7.93. The molecule has 1 saturated heterocycles. The first-order valence-corrected chi connectivity index (χ1v) is 14.9. The zero-order valence-electron chi connectivity index (χ0n) is 25.6. The van der Waals surface area contributed by atoms with E-state index in [-0.39, 0.29) is 5.97 Å². The van der Waals surface area contributed by atoms with Crippen LogP contribution < -0.4 is 24.0 Å². The lowest BCUT2D eigenvalue weighted by Crippen LogP contribution is -2.46. The van der Waals surface area contributed by atoms with Crippen molar-refractivity contribution in [3.63, 3.8) is 0 Å². The molecule has 8 heteroatoms. The number of aromatic nitrogens is 1. The number of fused-ring (bicyclic) bond motifs is 3. The van der Waals surface area contributed by atoms with Gasteiger partial charge in [-0.25, -0.2) is 4.79 Å². The van der Waals surface area contributed by atoms with Crippen LogP contribution in [0.2, 0.25) is 0 Å². The summed E-state index contributed by atoms with van der Waals surface area (Å²) in [7, 11) is 4.98. The molecular weight excluding hydrogens is 542 g/mol. The van der Waals surface area contributed by atoms with E-state index in [4.69, 9.17) is 18.9 Å². The average Bonchev–Trinajstić information content (AvgIpc) is 3.36. The Bertz CT molecular complexity index is 1650. The minimum absolute atomic E-state index is 0.304. The Labute approximate surface area is 253 Å². The van der Waals surface area contributed by atoms with Crippen LogP contribution in [0.5, 0.6) is 17.2 Å². The highest BCUT2D eigenvalue weighted by Gasteiger charge is 2.32. The summed E-state index contributed by atoms with van der Waals surface area (Å²) < 4.78 is 24.6. The molecular formula is C35H39N3O5. The van der Waals surface area contributed by atoms with Crippen LogP contribution in [0.4, 0.5) is 11.4 Å². The lowest BCUT2D eigenvalue weighted by Gasteiger charge is -2.37. The van der Waals surface area contributed by atoms with E-state index in [0.29, 0.717) is 23.7 Å². The number of piperazine rings is 1. The molecule has 0 spiro atoms. The maximum absolute atomic E-state index is 13.7. The molecule has 0 bridgehead atoms. The topological polar surface area (TPSA) is 65.4 Å². The summed E-state index contributed by atoms with van der Waals surface area (Å²) in [4.78, 5) is 18.5. The monoisotopic (exact) mass is 581 g/mol. The maximum atomic E-state index is 13.7. The van der Waals surface area contributed by atoms with Crippen molar-refractivity contribution in [1.29, 1.82) is 0 Å². The molecule has 0 unspecified atom stereocenters. The molecule has 2 aliphatic rings. The molecule has 1 fully saturated rings. The number of hydrogen-bond acceptors (Lipinski definition) is 7. The van der Waals surface area contributed by atoms with Gasteiger partial charge in [0, 0.05) is 67.0 Å². The van der Waals surface area contributed by atoms with Gasteiger partial charge < -0.3 is 33.3 Å². The molecule has 0 atom stereocenters. The number of esters is 1. The first-order valence-electron chi connectivity index (χ1n) is 14.9. The minimum Gasteiger partial charge on any atom is -0.497 e. The molecule has 6 rings (SSSR count). The van der Waals surface area contributed by atoms with Crippen LogP contribution in [0.15, 0.2) is 60.7 Å². The van der Waals surface area contributed by atoms with Gasteiger partial charge in [0.1, 0.15) is 5.75 Å². The Hall–Kier alpha value is -4.59. The third-order valence-electron chi connectivity index (χ3n) is 8.67. The zero-order chi connectivity index (χ0) is 30.1. The standard InChI is InChI=1S/C35H39N3O5/c1-6-43-35(39)33-32(23(2)38-14-13-24-20-30(41-4)31(42-5)22-29(24)34(33)38)25-9-7-10-26(19-25)36-15-17-37(18-16-36)27-11-8-12-28(21-27)40-3/h7-12,19-22H,6,13-18H2,1-5H3. The van der Waals surface area contributed by atoms with Crippen molar-refractivity contribution >= 4 is 17.3 Å². The molecule has 0 saturated carbocycles. The van der Waals surface area contributed by atoms with Gasteiger partial charge >= 0.3 is 5.97 Å². The van der Waals surface area contributed by atoms with Gasteiger partial charge in [-0.2, -0.15) is 0 Å². The molecule has 43 heavy (non-hydrogen) atoms. The number of aryl methyl sites for hydroxylation is 1. The molecule has 224 valence electrons. The number of methoxy groups -OCH3 is 3. The van der Waals surface area contributed by atoms with E-state index >= 15 is 0 Å². The number of benzene rings is 3. The second kappa shape index (κ2) is 12.0. The van der Waals surface area contributed by atoms with Gasteiger partial charge in [-0.1, -0.05) is 18.2 Å². The largest absolute Gasteiger partial charge is 0.497 e. The molecule has 0 aliphatic carbocycles. The van der Waals surface area contributed by atoms with Crippen LogP contribution >= 0.6 is 0 Å². The number of ether oxygens (including phenoxy) is 4. The normalized spacial score (nSPS) is 14.2. The summed E-state index contributed by atoms with van der Waals surface area (Å²) in [6.45, 7) is 8.63. The fraction of sp³-hybridized carbons (Fsp3) is 0.343. The van der Waals surface area contributed by atoms with Crippen molar-refractivity contribution in [2.75, 3.05) is 63.9 Å². The van der Waals surface area contributed by atoms with Gasteiger partial charge in [0.15, 0.2) is 11.5 Å². The van der Waals surface area contributed by atoms with Crippen molar-refractivity contribution in [3.05, 3.63) is 77.5 Å². The van der Waals surface area contributed by atoms with Crippen molar-refractivity contribution in [2.45, 2.75) is 26.8 Å². The SMILES string of the molecule is CCOC(=O)c1c(-c2cccc(N3CCN(c4cccc(OC)c4)CC3)c2)c(C)n2c1-c1cc(OC)c(OC)cc1CC2. The summed E-state index contributed by atoms with van der Waals surface area (Å²) in [6.07, 6.45) is 0.831. The molecule has 3 aromatic carbocycles. The average molecular weight is 582 g/mol. The van der Waals surface area contributed by atoms with Crippen LogP contribution in [0, 0.1) is 6.92 Å². The molecule has 0 N–H and O–H groups in total. The Balaban J connectivity index is 1.37. The van der Waals surface area contributed by atoms with Crippen LogP contribution in [0.25, 0.3) is 22.4 Å². The van der Waals surface area contributed by atoms with E-state index in [1.165, 1.54) is 5.69 Å². The van der Waals surface area contributed by atoms with Crippen LogP contribution in [0.1, 0.15) is 28.5 Å². The first kappa shape index (κ1) is 28.5. The molecule has 2 aliphatic heterocycles. The van der Waals surface area contributed by atoms with Crippen molar-refractivity contribution in [3.8, 4) is 39.6 Å². The van der Waals surface area contributed by atoms with E-state index in [0.717, 1.165) is 84.2 Å². The summed E-state index contributed by atoms with van der Waals surface area (Å²) in [5, 5.41) is 0. The van der Waals surface area contributed by atoms with Gasteiger partial charge in [0.2, 0.25) is 0 Å². The highest BCUT2D eigenvalue weighted by molar-refractivity contribution is 6.05. The fourth-order valence-electron chi connectivity index (χ4n) is 6.52. The maximum Gasteiger partial charge on any atom is 0.340 e. The predicted octanol–water partition coefficient (Wildman–Crippen LogP) is 6.22. The number of carbonyl (C=O) groups excluding carboxylic acids is 1. The van der Waals surface area contributed by atoms with Gasteiger partial charge in [0.05, 0.1) is 39.2 Å². The molecule has 1 aromatic heterocycles. The summed E-state index contributed by atoms with van der Waals surface area (Å²) in [5.41, 5.74) is 8.90. The predicted molar refractivity (Wildman–Crippen MR) is 170 cm³/mol. The lowest BCUT2D eigenvalue weighted by molar-refractivity contribution is 0.0528. The van der Waals surface area contributed by atoms with Crippen molar-refractivity contribution in [1.82, 2.24) is 4.57 Å². The quantitative estimate of drug-likeness (QED) is 0.229. The Morgan fingerprint density at radius 3 is 2.09 bits per heavy atom. The van der Waals surface area contributed by atoms with Gasteiger partial charge in [0.25, 0.3) is 0 Å². The zero-order valence-corrected chi connectivity index (χ0v) is 25.6. The van der Waals surface area contributed by atoms with Gasteiger partial charge in [-0.05, 0) is 67.8 Å². The van der Waals surface area contributed by atoms with E-state index in [1.54, 1.807) is 21.3 Å². The van der Waals surface area contributed by atoms with E-state index < -0.39 is 0 Å². The second-order valence-electron chi connectivity index (χ2n) is 10.9. The molecule has 4 aromatic rings. The van der Waals surface area contributed by atoms with Crippen LogP contribution in [-0.2, 0) is 17.7 Å². The number of anilines is 2. The first-order chi connectivity index (χ1) is 21.0. The molecule has 0 radical (unpaired) electrons. The highest BCUT2D eigenvalue weighted by atomic mass is 16.5. The molecule has 3 heterocycles. The Morgan fingerprint density at radius 2 is 1.44 bits per heavy atom. The van der Waals surface area contributed by atoms with E-state index in [1.807, 2.05) is 31.2 Å². The molecule has 8 nitrogen and oxygen atoms in total. The third kappa shape index (κ3) is 5.15. The third-order valence-corrected chi connectivity index (χ3v) is 8.67. The fourth-order valence-corrected chi connectivity index (χ4v) is 6.52. The van der Waals surface area contributed by atoms with Crippen LogP contribution in [-0.4, -0.2) is 64.7 Å². The second-order valence-corrected chi connectivity index (χ2v) is 10.9. The highest BCUT2D eigenvalue weighted by Crippen LogP contribution is 2.45. The van der Waals surface area contributed by atoms with E-state index in [2.05, 4.69) is 57.7 Å². The smallest absolute Gasteiger partial charge is 0.340 e. The van der Waals surface area contributed by atoms with Gasteiger partial charge in [-0.3, -0.25) is 0 Å². The summed E-state index contributed by atoms with van der Waals surface area (Å²) in [6, 6.07) is 20.8. The van der Waals surface area contributed by atoms with Crippen LogP contribution in [0.3, 0.4) is 0 Å². The van der Waals surface area contributed by atoms with Gasteiger partial charge in [-0.15, -0.1) is 0 Å². The van der Waals surface area contributed by atoms with E-state index in [9.17, 15) is 4.79 Å². The summed E-state index contributed by atoms with van der Waals surface area (Å²) in [5.74, 6) is 1.89. The number of carbonyl (C=O) groups is 1. The lowest BCUT2D eigenvalue weighted by atomic mass is 9.93. The number of nitrogens with zero attached hydrogens (tertiary/aromatic N) is 3. The minimum atomic E-state index is -0.311. The Morgan fingerprint density at radius 1 is 0.791 bits per heavy atom. The molecule has 0 amide bonds. The summed E-state index contributed by atoms with van der Waals surface area (Å²) >= 11 is 0. The van der Waals surface area contributed by atoms with Crippen molar-refractivity contribution in [2.24, 2.45) is 0 Å². The number of rotatable bonds is 8. The number of hydrogen-bond donors (Lipinski definition) is 0. The van der Waals surface area contributed by atoms with Crippen molar-refractivity contribution < 1.29 is 23.7 Å².